The summed E-state index contributed by atoms with van der Waals surface area (Å²) >= 11 is 0. The van der Waals surface area contributed by atoms with E-state index in [2.05, 4.69) is 4.72 Å². The third-order valence-corrected chi connectivity index (χ3v) is 5.89. The summed E-state index contributed by atoms with van der Waals surface area (Å²) in [6.07, 6.45) is 1.19. The molecular weight excluding hydrogens is 368 g/mol. The minimum Gasteiger partial charge on any atom is -0.481 e. The fourth-order valence-corrected chi connectivity index (χ4v) is 4.10. The van der Waals surface area contributed by atoms with Gasteiger partial charge in [-0.1, -0.05) is 18.2 Å². The second-order valence-electron chi connectivity index (χ2n) is 6.42. The van der Waals surface area contributed by atoms with Crippen LogP contribution in [0.1, 0.15) is 23.2 Å². The maximum atomic E-state index is 12.6. The van der Waals surface area contributed by atoms with E-state index in [1.807, 2.05) is 0 Å². The minimum absolute atomic E-state index is 0.0463. The van der Waals surface area contributed by atoms with Gasteiger partial charge in [-0.3, -0.25) is 14.3 Å². The van der Waals surface area contributed by atoms with Crippen LogP contribution in [0.5, 0.6) is 0 Å². The highest BCUT2D eigenvalue weighted by Crippen LogP contribution is 2.20. The molecule has 2 N–H and O–H groups in total. The molecule has 1 fully saturated rings. The number of carboxylic acid groups (broad SMARTS) is 1. The molecule has 1 heterocycles. The van der Waals surface area contributed by atoms with E-state index in [4.69, 9.17) is 5.11 Å². The van der Waals surface area contributed by atoms with Crippen molar-refractivity contribution in [1.29, 1.82) is 0 Å². The molecule has 0 saturated carbocycles. The van der Waals surface area contributed by atoms with Crippen LogP contribution < -0.4 is 4.72 Å². The first kappa shape index (κ1) is 18.9. The van der Waals surface area contributed by atoms with Gasteiger partial charge in [-0.25, -0.2) is 8.42 Å². The Morgan fingerprint density at radius 3 is 2.33 bits per heavy atom. The molecule has 3 rings (SSSR count). The second kappa shape index (κ2) is 7.79. The largest absolute Gasteiger partial charge is 0.481 e. The van der Waals surface area contributed by atoms with Crippen molar-refractivity contribution in [3.8, 4) is 0 Å². The van der Waals surface area contributed by atoms with E-state index in [9.17, 15) is 18.0 Å². The van der Waals surface area contributed by atoms with Crippen molar-refractivity contribution in [1.82, 2.24) is 4.90 Å². The number of piperidine rings is 1. The number of carboxylic acids is 1. The quantitative estimate of drug-likeness (QED) is 0.819. The van der Waals surface area contributed by atoms with Crippen molar-refractivity contribution in [3.05, 3.63) is 60.2 Å². The Kier molecular flexibility index (Phi) is 5.46. The van der Waals surface area contributed by atoms with Crippen molar-refractivity contribution >= 4 is 27.6 Å². The molecule has 7 nitrogen and oxygen atoms in total. The SMILES string of the molecule is O=C(O)[C@H]1CCCN(C(=O)c2ccc(S(=O)(=O)Nc3ccccc3)cc2)C1. The second-order valence-corrected chi connectivity index (χ2v) is 8.11. The minimum atomic E-state index is -3.75. The monoisotopic (exact) mass is 388 g/mol. The van der Waals surface area contributed by atoms with Gasteiger partial charge in [0.05, 0.1) is 10.8 Å². The zero-order chi connectivity index (χ0) is 19.4. The molecule has 0 aromatic heterocycles. The molecule has 0 unspecified atom stereocenters. The Morgan fingerprint density at radius 1 is 1.04 bits per heavy atom. The zero-order valence-corrected chi connectivity index (χ0v) is 15.4. The maximum Gasteiger partial charge on any atom is 0.308 e. The van der Waals surface area contributed by atoms with Gasteiger partial charge in [-0.05, 0) is 49.2 Å². The Balaban J connectivity index is 1.73. The van der Waals surface area contributed by atoms with E-state index in [-0.39, 0.29) is 17.3 Å². The van der Waals surface area contributed by atoms with Crippen LogP contribution >= 0.6 is 0 Å². The van der Waals surface area contributed by atoms with Gasteiger partial charge in [-0.15, -0.1) is 0 Å². The molecule has 27 heavy (non-hydrogen) atoms. The lowest BCUT2D eigenvalue weighted by Gasteiger charge is -2.30. The van der Waals surface area contributed by atoms with Crippen LogP contribution in [0.3, 0.4) is 0 Å². The van der Waals surface area contributed by atoms with Crippen molar-refractivity contribution in [2.24, 2.45) is 5.92 Å². The molecule has 142 valence electrons. The van der Waals surface area contributed by atoms with Crippen LogP contribution in [0, 0.1) is 5.92 Å². The first-order chi connectivity index (χ1) is 12.9. The average molecular weight is 388 g/mol. The summed E-state index contributed by atoms with van der Waals surface area (Å²) in [5.41, 5.74) is 0.783. The lowest BCUT2D eigenvalue weighted by Crippen LogP contribution is -2.42. The Morgan fingerprint density at radius 2 is 1.70 bits per heavy atom. The molecule has 1 saturated heterocycles. The molecule has 1 atom stereocenters. The van der Waals surface area contributed by atoms with E-state index >= 15 is 0 Å². The van der Waals surface area contributed by atoms with Crippen molar-refractivity contribution < 1.29 is 23.1 Å². The fourth-order valence-electron chi connectivity index (χ4n) is 3.04. The van der Waals surface area contributed by atoms with Crippen LogP contribution in [0.15, 0.2) is 59.5 Å². The van der Waals surface area contributed by atoms with Crippen molar-refractivity contribution in [2.75, 3.05) is 17.8 Å². The van der Waals surface area contributed by atoms with E-state index in [1.54, 1.807) is 30.3 Å². The molecule has 1 amide bonds. The predicted molar refractivity (Wildman–Crippen MR) is 100.0 cm³/mol. The number of amides is 1. The van der Waals surface area contributed by atoms with Crippen LogP contribution in [0.4, 0.5) is 5.69 Å². The number of nitrogens with zero attached hydrogens (tertiary/aromatic N) is 1. The van der Waals surface area contributed by atoms with E-state index in [0.29, 0.717) is 30.6 Å². The van der Waals surface area contributed by atoms with Crippen LogP contribution in [-0.4, -0.2) is 43.4 Å². The Bertz CT molecular complexity index is 926. The number of carbonyl (C=O) groups is 2. The first-order valence-corrected chi connectivity index (χ1v) is 10.0. The lowest BCUT2D eigenvalue weighted by molar-refractivity contribution is -0.143. The number of nitrogens with one attached hydrogen (secondary N) is 1. The third-order valence-electron chi connectivity index (χ3n) is 4.50. The molecule has 2 aromatic rings. The molecule has 2 aromatic carbocycles. The number of benzene rings is 2. The summed E-state index contributed by atoms with van der Waals surface area (Å²) < 4.78 is 27.3. The zero-order valence-electron chi connectivity index (χ0n) is 14.5. The maximum absolute atomic E-state index is 12.6. The van der Waals surface area contributed by atoms with Crippen LogP contribution in [-0.2, 0) is 14.8 Å². The van der Waals surface area contributed by atoms with Gasteiger partial charge in [0.15, 0.2) is 0 Å². The number of hydrogen-bond donors (Lipinski definition) is 2. The van der Waals surface area contributed by atoms with E-state index < -0.39 is 21.9 Å². The van der Waals surface area contributed by atoms with Gasteiger partial charge in [0, 0.05) is 24.3 Å². The van der Waals surface area contributed by atoms with Gasteiger partial charge in [0.1, 0.15) is 0 Å². The number of rotatable bonds is 5. The van der Waals surface area contributed by atoms with Crippen molar-refractivity contribution in [2.45, 2.75) is 17.7 Å². The fraction of sp³-hybridized carbons (Fsp3) is 0.263. The summed E-state index contributed by atoms with van der Waals surface area (Å²) in [5.74, 6) is -1.75. The van der Waals surface area contributed by atoms with Crippen LogP contribution in [0.2, 0.25) is 0 Å². The van der Waals surface area contributed by atoms with Gasteiger partial charge in [0.25, 0.3) is 15.9 Å². The number of carbonyl (C=O) groups excluding carboxylic acids is 1. The molecule has 0 aliphatic carbocycles. The normalized spacial score (nSPS) is 17.3. The standard InChI is InChI=1S/C19H20N2O5S/c22-18(21-12-4-5-15(13-21)19(23)24)14-8-10-17(11-9-14)27(25,26)20-16-6-2-1-3-7-16/h1-3,6-11,15,20H,4-5,12-13H2,(H,23,24)/t15-/m0/s1. The molecule has 0 bridgehead atoms. The number of sulfonamides is 1. The van der Waals surface area contributed by atoms with Gasteiger partial charge >= 0.3 is 5.97 Å². The highest BCUT2D eigenvalue weighted by molar-refractivity contribution is 7.92. The topological polar surface area (TPSA) is 104 Å². The number of para-hydroxylation sites is 1. The molecule has 8 heteroatoms. The summed E-state index contributed by atoms with van der Waals surface area (Å²) in [6, 6.07) is 14.2. The van der Waals surface area contributed by atoms with Crippen LogP contribution in [0.25, 0.3) is 0 Å². The average Bonchev–Trinajstić information content (AvgIpc) is 2.68. The van der Waals surface area contributed by atoms with Gasteiger partial charge in [-0.2, -0.15) is 0 Å². The predicted octanol–water partition coefficient (Wildman–Crippen LogP) is 2.42. The Hall–Kier alpha value is -2.87. The first-order valence-electron chi connectivity index (χ1n) is 8.57. The smallest absolute Gasteiger partial charge is 0.308 e. The van der Waals surface area contributed by atoms with E-state index in [0.717, 1.165) is 0 Å². The molecule has 0 spiro atoms. The molecule has 1 aliphatic rings. The van der Waals surface area contributed by atoms with Gasteiger partial charge < -0.3 is 10.0 Å². The number of likely N-dealkylation sites (tertiary alicyclic amines) is 1. The van der Waals surface area contributed by atoms with Crippen molar-refractivity contribution in [3.63, 3.8) is 0 Å². The highest BCUT2D eigenvalue weighted by Gasteiger charge is 2.28. The molecular formula is C19H20N2O5S. The number of aliphatic carboxylic acids is 1. The summed E-state index contributed by atoms with van der Waals surface area (Å²) in [6.45, 7) is 0.669. The molecule has 1 aliphatic heterocycles. The Labute approximate surface area is 157 Å². The third kappa shape index (κ3) is 4.46. The molecule has 0 radical (unpaired) electrons. The number of hydrogen-bond acceptors (Lipinski definition) is 4. The summed E-state index contributed by atoms with van der Waals surface area (Å²) in [4.78, 5) is 25.3. The summed E-state index contributed by atoms with van der Waals surface area (Å²) in [5, 5.41) is 9.14. The van der Waals surface area contributed by atoms with Gasteiger partial charge in [0.2, 0.25) is 0 Å². The lowest BCUT2D eigenvalue weighted by atomic mass is 9.97. The number of anilines is 1. The van der Waals surface area contributed by atoms with E-state index in [1.165, 1.54) is 29.2 Å². The highest BCUT2D eigenvalue weighted by atomic mass is 32.2. The summed E-state index contributed by atoms with van der Waals surface area (Å²) in [7, 11) is -3.75.